The molecule has 2 saturated carbocycles. The van der Waals surface area contributed by atoms with E-state index in [0.29, 0.717) is 17.4 Å². The zero-order valence-electron chi connectivity index (χ0n) is 16.7. The van der Waals surface area contributed by atoms with Gasteiger partial charge in [-0.3, -0.25) is 14.6 Å². The third-order valence-corrected chi connectivity index (χ3v) is 5.95. The normalized spacial score (nSPS) is 30.3. The van der Waals surface area contributed by atoms with Crippen molar-refractivity contribution in [3.05, 3.63) is 24.0 Å². The lowest BCUT2D eigenvalue weighted by Crippen LogP contribution is -2.49. The maximum absolute atomic E-state index is 12.6. The van der Waals surface area contributed by atoms with Gasteiger partial charge >= 0.3 is 0 Å². The first-order valence-corrected chi connectivity index (χ1v) is 10.3. The Labute approximate surface area is 166 Å². The molecule has 2 aliphatic rings. The number of amides is 2. The summed E-state index contributed by atoms with van der Waals surface area (Å²) in [6.45, 7) is 2.14. The molecule has 1 aromatic rings. The largest absolute Gasteiger partial charge is 0.490 e. The average Bonchev–Trinajstić information content (AvgIpc) is 2.70. The first-order chi connectivity index (χ1) is 13.5. The molecule has 3 atom stereocenters. The Morgan fingerprint density at radius 2 is 1.93 bits per heavy atom. The van der Waals surface area contributed by atoms with Gasteiger partial charge in [-0.15, -0.1) is 0 Å². The summed E-state index contributed by atoms with van der Waals surface area (Å²) in [5.74, 6) is 0.937. The summed E-state index contributed by atoms with van der Waals surface area (Å²) >= 11 is 0. The lowest BCUT2D eigenvalue weighted by atomic mass is 9.83. The predicted octanol–water partition coefficient (Wildman–Crippen LogP) is 2.04. The minimum atomic E-state index is -0.437. The van der Waals surface area contributed by atoms with Crippen molar-refractivity contribution in [1.29, 1.82) is 0 Å². The van der Waals surface area contributed by atoms with E-state index in [1.807, 2.05) is 0 Å². The van der Waals surface area contributed by atoms with E-state index in [2.05, 4.69) is 22.5 Å². The number of nitrogens with one attached hydrogen (secondary N) is 2. The van der Waals surface area contributed by atoms with Crippen LogP contribution in [0.5, 0.6) is 5.75 Å². The van der Waals surface area contributed by atoms with Crippen LogP contribution in [0.2, 0.25) is 0 Å². The number of rotatable bonds is 5. The van der Waals surface area contributed by atoms with Crippen LogP contribution in [0.3, 0.4) is 0 Å². The molecule has 2 amide bonds. The van der Waals surface area contributed by atoms with Crippen molar-refractivity contribution in [2.24, 2.45) is 11.8 Å². The third kappa shape index (κ3) is 5.22. The number of hydrogen-bond donors (Lipinski definition) is 3. The fourth-order valence-electron chi connectivity index (χ4n) is 4.19. The number of ether oxygens (including phenoxy) is 1. The molecule has 3 rings (SSSR count). The molecule has 1 aromatic heterocycles. The Hall–Kier alpha value is -2.15. The first-order valence-electron chi connectivity index (χ1n) is 10.3. The van der Waals surface area contributed by atoms with Crippen LogP contribution in [0.15, 0.2) is 18.3 Å². The van der Waals surface area contributed by atoms with Crippen LogP contribution in [0.1, 0.15) is 62.4 Å². The van der Waals surface area contributed by atoms with Crippen LogP contribution in [0.25, 0.3) is 0 Å². The molecule has 7 heteroatoms. The molecule has 3 N–H and O–H groups in total. The second kappa shape index (κ2) is 9.37. The van der Waals surface area contributed by atoms with Crippen LogP contribution in [-0.2, 0) is 4.79 Å². The molecule has 3 unspecified atom stereocenters. The van der Waals surface area contributed by atoms with Gasteiger partial charge in [-0.2, -0.15) is 0 Å². The van der Waals surface area contributed by atoms with Crippen LogP contribution < -0.4 is 15.4 Å². The van der Waals surface area contributed by atoms with Gasteiger partial charge in [-0.25, -0.2) is 0 Å². The zero-order valence-corrected chi connectivity index (χ0v) is 16.7. The number of aliphatic hydroxyl groups excluding tert-OH is 1. The number of pyridine rings is 1. The smallest absolute Gasteiger partial charge is 0.269 e. The highest BCUT2D eigenvalue weighted by Crippen LogP contribution is 2.29. The number of nitrogens with zero attached hydrogens (tertiary/aromatic N) is 1. The van der Waals surface area contributed by atoms with Crippen molar-refractivity contribution < 1.29 is 19.4 Å². The van der Waals surface area contributed by atoms with Gasteiger partial charge in [0.1, 0.15) is 11.4 Å². The Bertz CT molecular complexity index is 688. The SMILES string of the molecule is CNC(=O)c1cc(OC2CCC(C(=O)NC3CCC(C)CC3O)CC2)ccn1. The lowest BCUT2D eigenvalue weighted by Gasteiger charge is -2.34. The molecule has 0 bridgehead atoms. The molecule has 0 aliphatic heterocycles. The van der Waals surface area contributed by atoms with E-state index in [1.54, 1.807) is 25.4 Å². The van der Waals surface area contributed by atoms with Crippen LogP contribution in [0.4, 0.5) is 0 Å². The minimum Gasteiger partial charge on any atom is -0.490 e. The standard InChI is InChI=1S/C21H31N3O4/c1-13-3-8-17(19(25)11-13)24-20(26)14-4-6-15(7-5-14)28-16-9-10-23-18(12-16)21(27)22-2/h9-10,12-15,17,19,25H,3-8,11H2,1-2H3,(H,22,27)(H,24,26). The molecule has 0 spiro atoms. The van der Waals surface area contributed by atoms with Crippen LogP contribution in [-0.4, -0.2) is 47.2 Å². The van der Waals surface area contributed by atoms with Crippen molar-refractivity contribution in [3.63, 3.8) is 0 Å². The number of aliphatic hydroxyl groups is 1. The summed E-state index contributed by atoms with van der Waals surface area (Å²) in [5, 5.41) is 15.8. The van der Waals surface area contributed by atoms with Gasteiger partial charge in [-0.1, -0.05) is 6.92 Å². The van der Waals surface area contributed by atoms with E-state index >= 15 is 0 Å². The molecule has 0 radical (unpaired) electrons. The number of hydrogen-bond acceptors (Lipinski definition) is 5. The number of aromatic nitrogens is 1. The first kappa shape index (κ1) is 20.6. The van der Waals surface area contributed by atoms with Gasteiger partial charge in [0.05, 0.1) is 18.2 Å². The van der Waals surface area contributed by atoms with E-state index in [0.717, 1.165) is 44.9 Å². The van der Waals surface area contributed by atoms with Gasteiger partial charge in [0, 0.05) is 25.2 Å². The Balaban J connectivity index is 1.46. The van der Waals surface area contributed by atoms with Gasteiger partial charge in [0.2, 0.25) is 5.91 Å². The van der Waals surface area contributed by atoms with E-state index in [1.165, 1.54) is 0 Å². The maximum Gasteiger partial charge on any atom is 0.269 e. The van der Waals surface area contributed by atoms with Crippen LogP contribution >= 0.6 is 0 Å². The number of carbonyl (C=O) groups excluding carboxylic acids is 2. The zero-order chi connectivity index (χ0) is 20.1. The summed E-state index contributed by atoms with van der Waals surface area (Å²) in [5.41, 5.74) is 0.327. The molecular formula is C21H31N3O4. The van der Waals surface area contributed by atoms with Gasteiger partial charge in [-0.05, 0) is 56.9 Å². The summed E-state index contributed by atoms with van der Waals surface area (Å²) in [6.07, 6.45) is 6.94. The van der Waals surface area contributed by atoms with E-state index in [-0.39, 0.29) is 29.9 Å². The third-order valence-electron chi connectivity index (χ3n) is 5.95. The molecule has 0 aromatic carbocycles. The molecule has 2 aliphatic carbocycles. The molecule has 1 heterocycles. The Morgan fingerprint density at radius 1 is 1.18 bits per heavy atom. The molecule has 2 fully saturated rings. The fourth-order valence-corrected chi connectivity index (χ4v) is 4.19. The van der Waals surface area contributed by atoms with Crippen molar-refractivity contribution in [3.8, 4) is 5.75 Å². The summed E-state index contributed by atoms with van der Waals surface area (Å²) in [7, 11) is 1.57. The summed E-state index contributed by atoms with van der Waals surface area (Å²) in [4.78, 5) is 28.3. The lowest BCUT2D eigenvalue weighted by molar-refractivity contribution is -0.128. The highest BCUT2D eigenvalue weighted by Gasteiger charge is 2.32. The van der Waals surface area contributed by atoms with Gasteiger partial charge in [0.15, 0.2) is 0 Å². The summed E-state index contributed by atoms with van der Waals surface area (Å²) < 4.78 is 6.01. The highest BCUT2D eigenvalue weighted by atomic mass is 16.5. The fraction of sp³-hybridized carbons (Fsp3) is 0.667. The predicted molar refractivity (Wildman–Crippen MR) is 105 cm³/mol. The number of carbonyl (C=O) groups is 2. The van der Waals surface area contributed by atoms with Crippen molar-refractivity contribution >= 4 is 11.8 Å². The van der Waals surface area contributed by atoms with E-state index < -0.39 is 6.10 Å². The van der Waals surface area contributed by atoms with E-state index in [4.69, 9.17) is 4.74 Å². The topological polar surface area (TPSA) is 101 Å². The second-order valence-electron chi connectivity index (χ2n) is 8.15. The second-order valence-corrected chi connectivity index (χ2v) is 8.15. The molecule has 7 nitrogen and oxygen atoms in total. The van der Waals surface area contributed by atoms with Crippen molar-refractivity contribution in [2.45, 2.75) is 70.1 Å². The molecular weight excluding hydrogens is 358 g/mol. The van der Waals surface area contributed by atoms with Crippen LogP contribution in [0, 0.1) is 11.8 Å². The average molecular weight is 389 g/mol. The quantitative estimate of drug-likeness (QED) is 0.716. The maximum atomic E-state index is 12.6. The highest BCUT2D eigenvalue weighted by molar-refractivity contribution is 5.92. The van der Waals surface area contributed by atoms with Crippen molar-refractivity contribution in [2.75, 3.05) is 7.05 Å². The molecule has 154 valence electrons. The minimum absolute atomic E-state index is 0.0229. The Morgan fingerprint density at radius 3 is 2.61 bits per heavy atom. The van der Waals surface area contributed by atoms with Gasteiger partial charge < -0.3 is 20.5 Å². The molecule has 0 saturated heterocycles. The Kier molecular flexibility index (Phi) is 6.88. The molecule has 28 heavy (non-hydrogen) atoms. The summed E-state index contributed by atoms with van der Waals surface area (Å²) in [6, 6.07) is 3.28. The van der Waals surface area contributed by atoms with Crippen molar-refractivity contribution in [1.82, 2.24) is 15.6 Å². The van der Waals surface area contributed by atoms with Gasteiger partial charge in [0.25, 0.3) is 5.91 Å². The van der Waals surface area contributed by atoms with E-state index in [9.17, 15) is 14.7 Å². The monoisotopic (exact) mass is 389 g/mol.